The lowest BCUT2D eigenvalue weighted by Gasteiger charge is -2.03. The molecule has 3 rings (SSSR count). The van der Waals surface area contributed by atoms with Crippen molar-refractivity contribution in [2.75, 3.05) is 18.9 Å². The first-order valence-corrected chi connectivity index (χ1v) is 9.13. The largest absolute Gasteiger partial charge is 0.494 e. The van der Waals surface area contributed by atoms with Crippen LogP contribution in [0.5, 0.6) is 11.5 Å². The van der Waals surface area contributed by atoms with Crippen LogP contribution in [0.25, 0.3) is 10.6 Å². The van der Waals surface area contributed by atoms with Crippen LogP contribution in [-0.2, 0) is 0 Å². The van der Waals surface area contributed by atoms with Gasteiger partial charge in [-0.25, -0.2) is 4.79 Å². The van der Waals surface area contributed by atoms with Crippen LogP contribution in [0.15, 0.2) is 48.5 Å². The van der Waals surface area contributed by atoms with Gasteiger partial charge in [-0.1, -0.05) is 29.5 Å². The van der Waals surface area contributed by atoms with E-state index in [-0.39, 0.29) is 5.56 Å². The Kier molecular flexibility index (Phi) is 7.57. The fourth-order valence-corrected chi connectivity index (χ4v) is 2.73. The van der Waals surface area contributed by atoms with Crippen LogP contribution >= 0.6 is 11.3 Å². The van der Waals surface area contributed by atoms with Crippen molar-refractivity contribution in [1.82, 2.24) is 10.2 Å². The first kappa shape index (κ1) is 20.2. The zero-order valence-corrected chi connectivity index (χ0v) is 15.9. The van der Waals surface area contributed by atoms with Gasteiger partial charge in [0, 0.05) is 5.56 Å². The molecule has 1 heterocycles. The van der Waals surface area contributed by atoms with Gasteiger partial charge >= 0.3 is 5.97 Å². The van der Waals surface area contributed by atoms with Gasteiger partial charge in [-0.15, -0.1) is 10.2 Å². The van der Waals surface area contributed by atoms with Crippen LogP contribution in [0.1, 0.15) is 24.2 Å². The fourth-order valence-electron chi connectivity index (χ4n) is 2.12. The molecule has 0 radical (unpaired) electrons. The van der Waals surface area contributed by atoms with Crippen molar-refractivity contribution >= 4 is 22.4 Å². The van der Waals surface area contributed by atoms with Crippen LogP contribution in [0.2, 0.25) is 0 Å². The highest BCUT2D eigenvalue weighted by Crippen LogP contribution is 2.27. The Morgan fingerprint density at radius 3 is 2.22 bits per heavy atom. The average molecular weight is 387 g/mol. The van der Waals surface area contributed by atoms with Crippen molar-refractivity contribution in [1.29, 1.82) is 0 Å². The number of anilines is 1. The normalized spacial score (nSPS) is 9.85. The number of rotatable bonds is 6. The first-order valence-electron chi connectivity index (χ1n) is 8.31. The minimum atomic E-state index is -0.934. The Bertz CT molecular complexity index is 883. The van der Waals surface area contributed by atoms with Gasteiger partial charge in [0.05, 0.1) is 18.8 Å². The van der Waals surface area contributed by atoms with Crippen molar-refractivity contribution in [2.45, 2.75) is 13.8 Å². The van der Waals surface area contributed by atoms with Crippen LogP contribution < -0.4 is 15.2 Å². The van der Waals surface area contributed by atoms with Gasteiger partial charge in [0.1, 0.15) is 16.5 Å². The zero-order chi connectivity index (χ0) is 19.6. The molecule has 0 aliphatic rings. The Balaban J connectivity index is 0.000000199. The van der Waals surface area contributed by atoms with Gasteiger partial charge < -0.3 is 20.3 Å². The molecule has 3 aromatic rings. The monoisotopic (exact) mass is 387 g/mol. The van der Waals surface area contributed by atoms with Crippen molar-refractivity contribution in [3.8, 4) is 22.1 Å². The number of nitrogens with two attached hydrogens (primary N) is 1. The van der Waals surface area contributed by atoms with Gasteiger partial charge in [-0.3, -0.25) is 0 Å². The van der Waals surface area contributed by atoms with E-state index in [1.54, 1.807) is 12.1 Å². The van der Waals surface area contributed by atoms with Gasteiger partial charge in [0.2, 0.25) is 5.13 Å². The molecule has 0 aliphatic heterocycles. The SMILES string of the molecule is CCOc1cccc(-c2nnc(N)s2)c1.CCOc1cccc(C(=O)O)c1. The lowest BCUT2D eigenvalue weighted by atomic mass is 10.2. The van der Waals surface area contributed by atoms with Crippen LogP contribution in [0.3, 0.4) is 0 Å². The number of ether oxygens (including phenoxy) is 2. The summed E-state index contributed by atoms with van der Waals surface area (Å²) in [6.07, 6.45) is 0. The average Bonchev–Trinajstić information content (AvgIpc) is 3.10. The maximum Gasteiger partial charge on any atom is 0.335 e. The number of aromatic carboxylic acids is 1. The molecular formula is C19H21N3O4S. The van der Waals surface area contributed by atoms with Gasteiger partial charge in [0.15, 0.2) is 0 Å². The number of hydrogen-bond donors (Lipinski definition) is 2. The minimum absolute atomic E-state index is 0.251. The summed E-state index contributed by atoms with van der Waals surface area (Å²) in [5.41, 5.74) is 6.76. The molecule has 2 aromatic carbocycles. The first-order chi connectivity index (χ1) is 13.0. The smallest absolute Gasteiger partial charge is 0.335 e. The predicted molar refractivity (Wildman–Crippen MR) is 105 cm³/mol. The third-order valence-corrected chi connectivity index (χ3v) is 4.03. The van der Waals surface area contributed by atoms with Crippen molar-refractivity contribution in [2.24, 2.45) is 0 Å². The van der Waals surface area contributed by atoms with E-state index in [2.05, 4.69) is 10.2 Å². The van der Waals surface area contributed by atoms with Crippen molar-refractivity contribution in [3.05, 3.63) is 54.1 Å². The Morgan fingerprint density at radius 1 is 1.04 bits per heavy atom. The maximum atomic E-state index is 10.5. The molecule has 1 aromatic heterocycles. The Labute approximate surface area is 161 Å². The van der Waals surface area contributed by atoms with E-state index in [9.17, 15) is 4.79 Å². The number of aromatic nitrogens is 2. The molecule has 142 valence electrons. The van der Waals surface area contributed by atoms with Gasteiger partial charge in [0.25, 0.3) is 0 Å². The number of carboxylic acids is 1. The molecule has 0 fully saturated rings. The number of hydrogen-bond acceptors (Lipinski definition) is 7. The molecule has 7 nitrogen and oxygen atoms in total. The van der Waals surface area contributed by atoms with Crippen molar-refractivity contribution in [3.63, 3.8) is 0 Å². The van der Waals surface area contributed by atoms with E-state index in [1.807, 2.05) is 38.1 Å². The summed E-state index contributed by atoms with van der Waals surface area (Å²) in [7, 11) is 0. The van der Waals surface area contributed by atoms with Gasteiger partial charge in [-0.2, -0.15) is 0 Å². The number of carboxylic acid groups (broad SMARTS) is 1. The molecule has 27 heavy (non-hydrogen) atoms. The van der Waals surface area contributed by atoms with E-state index >= 15 is 0 Å². The quantitative estimate of drug-likeness (QED) is 0.659. The molecule has 0 amide bonds. The van der Waals surface area contributed by atoms with E-state index in [1.165, 1.54) is 23.5 Å². The summed E-state index contributed by atoms with van der Waals surface area (Å²) in [6.45, 7) is 5.01. The minimum Gasteiger partial charge on any atom is -0.494 e. The van der Waals surface area contributed by atoms with Crippen LogP contribution in [0, 0.1) is 0 Å². The topological polar surface area (TPSA) is 108 Å². The second kappa shape index (κ2) is 10.1. The molecule has 0 saturated carbocycles. The van der Waals surface area contributed by atoms with Crippen LogP contribution in [0.4, 0.5) is 5.13 Å². The lowest BCUT2D eigenvalue weighted by molar-refractivity contribution is 0.0696. The molecular weight excluding hydrogens is 366 g/mol. The number of nitrogens with zero attached hydrogens (tertiary/aromatic N) is 2. The molecule has 0 bridgehead atoms. The maximum absolute atomic E-state index is 10.5. The second-order valence-corrected chi connectivity index (χ2v) is 6.18. The van der Waals surface area contributed by atoms with E-state index < -0.39 is 5.97 Å². The predicted octanol–water partition coefficient (Wildman–Crippen LogP) is 3.97. The molecule has 8 heteroatoms. The third-order valence-electron chi connectivity index (χ3n) is 3.22. The summed E-state index contributed by atoms with van der Waals surface area (Å²) < 4.78 is 10.5. The summed E-state index contributed by atoms with van der Waals surface area (Å²) in [4.78, 5) is 10.5. The molecule has 3 N–H and O–H groups in total. The third kappa shape index (κ3) is 6.27. The lowest BCUT2D eigenvalue weighted by Crippen LogP contribution is -1.97. The van der Waals surface area contributed by atoms with Gasteiger partial charge in [-0.05, 0) is 44.2 Å². The summed E-state index contributed by atoms with van der Waals surface area (Å²) in [5.74, 6) is 0.498. The summed E-state index contributed by atoms with van der Waals surface area (Å²) in [6, 6.07) is 14.2. The van der Waals surface area contributed by atoms with E-state index in [4.69, 9.17) is 20.3 Å². The Morgan fingerprint density at radius 2 is 1.67 bits per heavy atom. The second-order valence-electron chi connectivity index (χ2n) is 5.17. The summed E-state index contributed by atoms with van der Waals surface area (Å²) >= 11 is 1.37. The highest BCUT2D eigenvalue weighted by Gasteiger charge is 2.05. The Hall–Kier alpha value is -3.13. The fraction of sp³-hybridized carbons (Fsp3) is 0.211. The number of carbonyl (C=O) groups is 1. The number of nitrogen functional groups attached to an aromatic ring is 1. The van der Waals surface area contributed by atoms with Crippen LogP contribution in [-0.4, -0.2) is 34.5 Å². The highest BCUT2D eigenvalue weighted by molar-refractivity contribution is 7.18. The molecule has 0 aliphatic carbocycles. The standard InChI is InChI=1S/C10H11N3OS.C9H10O3/c1-2-14-8-5-3-4-7(6-8)9-12-13-10(11)15-9;1-2-12-8-5-3-4-7(6-8)9(10)11/h3-6H,2H2,1H3,(H2,11,13);3-6H,2H2,1H3,(H,10,11). The van der Waals surface area contributed by atoms with Crippen molar-refractivity contribution < 1.29 is 19.4 Å². The molecule has 0 atom stereocenters. The van der Waals surface area contributed by atoms with E-state index in [0.717, 1.165) is 16.3 Å². The molecule has 0 unspecified atom stereocenters. The highest BCUT2D eigenvalue weighted by atomic mass is 32.1. The molecule has 0 spiro atoms. The van der Waals surface area contributed by atoms with E-state index in [0.29, 0.717) is 24.1 Å². The molecule has 0 saturated heterocycles. The number of benzene rings is 2. The summed E-state index contributed by atoms with van der Waals surface area (Å²) in [5, 5.41) is 17.7. The zero-order valence-electron chi connectivity index (χ0n) is 15.1.